The van der Waals surface area contributed by atoms with Crippen LogP contribution in [0.15, 0.2) is 22.3 Å². The predicted molar refractivity (Wildman–Crippen MR) is 46.4 cm³/mol. The summed E-state index contributed by atoms with van der Waals surface area (Å²) in [7, 11) is 0. The molecule has 1 atom stereocenters. The Morgan fingerprint density at radius 3 is 3.42 bits per heavy atom. The summed E-state index contributed by atoms with van der Waals surface area (Å²) in [6, 6.07) is 0. The van der Waals surface area contributed by atoms with Gasteiger partial charge in [0.15, 0.2) is 0 Å². The molecule has 1 aliphatic carbocycles. The van der Waals surface area contributed by atoms with Gasteiger partial charge < -0.3 is 4.74 Å². The second-order valence-corrected chi connectivity index (χ2v) is 4.41. The highest BCUT2D eigenvalue weighted by molar-refractivity contribution is 8.03. The molecule has 0 aromatic rings. The summed E-state index contributed by atoms with van der Waals surface area (Å²) in [6.07, 6.45) is 3.93. The molecule has 12 heavy (non-hydrogen) atoms. The molecule has 3 aliphatic rings. The molecule has 2 bridgehead atoms. The fraction of sp³-hybridized carbons (Fsp3) is 0.444. The molecule has 2 heterocycles. The van der Waals surface area contributed by atoms with E-state index in [4.69, 9.17) is 4.74 Å². The van der Waals surface area contributed by atoms with E-state index in [-0.39, 0.29) is 11.9 Å². The van der Waals surface area contributed by atoms with Crippen LogP contribution in [0.25, 0.3) is 0 Å². The zero-order chi connectivity index (χ0) is 8.13. The van der Waals surface area contributed by atoms with E-state index in [9.17, 15) is 4.79 Å². The molecule has 0 N–H and O–H groups in total. The fourth-order valence-electron chi connectivity index (χ4n) is 1.99. The first-order valence-electron chi connectivity index (χ1n) is 4.13. The van der Waals surface area contributed by atoms with Gasteiger partial charge in [0.2, 0.25) is 0 Å². The highest BCUT2D eigenvalue weighted by atomic mass is 32.2. The lowest BCUT2D eigenvalue weighted by molar-refractivity contribution is -0.137. The van der Waals surface area contributed by atoms with Crippen molar-refractivity contribution in [2.75, 3.05) is 5.75 Å². The molecule has 0 aromatic heterocycles. The molecule has 1 saturated heterocycles. The van der Waals surface area contributed by atoms with Crippen molar-refractivity contribution < 1.29 is 9.53 Å². The van der Waals surface area contributed by atoms with E-state index >= 15 is 0 Å². The van der Waals surface area contributed by atoms with Gasteiger partial charge in [-0.05, 0) is 18.1 Å². The van der Waals surface area contributed by atoms with Crippen LogP contribution in [0, 0.1) is 5.92 Å². The van der Waals surface area contributed by atoms with Crippen LogP contribution in [0.3, 0.4) is 0 Å². The number of ether oxygens (including phenoxy) is 1. The fourth-order valence-corrected chi connectivity index (χ4v) is 3.18. The van der Waals surface area contributed by atoms with Crippen LogP contribution >= 0.6 is 11.8 Å². The zero-order valence-electron chi connectivity index (χ0n) is 6.50. The Bertz CT molecular complexity index is 327. The summed E-state index contributed by atoms with van der Waals surface area (Å²) in [5.41, 5.74) is 1.33. The number of rotatable bonds is 0. The lowest BCUT2D eigenvalue weighted by atomic mass is 9.91. The molecule has 2 nitrogen and oxygen atoms in total. The molecule has 62 valence electrons. The third kappa shape index (κ3) is 0.746. The van der Waals surface area contributed by atoms with E-state index in [0.29, 0.717) is 0 Å². The second kappa shape index (κ2) is 2.16. The molecular weight excluding hydrogens is 172 g/mol. The number of hydrogen-bond donors (Lipinski definition) is 0. The minimum atomic E-state index is -0.0336. The Balaban J connectivity index is 2.13. The number of hydrogen-bond acceptors (Lipinski definition) is 3. The molecule has 0 aromatic carbocycles. The van der Waals surface area contributed by atoms with E-state index in [1.54, 1.807) is 0 Å². The van der Waals surface area contributed by atoms with Gasteiger partial charge in [-0.3, -0.25) is 4.79 Å². The van der Waals surface area contributed by atoms with Gasteiger partial charge in [0, 0.05) is 17.1 Å². The van der Waals surface area contributed by atoms with Gasteiger partial charge in [-0.2, -0.15) is 0 Å². The second-order valence-electron chi connectivity index (χ2n) is 3.28. The normalized spacial score (nSPS) is 31.8. The summed E-state index contributed by atoms with van der Waals surface area (Å²) in [6.45, 7) is 0. The first-order chi connectivity index (χ1) is 5.84. The maximum atomic E-state index is 11.3. The Morgan fingerprint density at radius 1 is 1.58 bits per heavy atom. The Labute approximate surface area is 74.7 Å². The van der Waals surface area contributed by atoms with Crippen molar-refractivity contribution in [3.63, 3.8) is 0 Å². The molecule has 0 radical (unpaired) electrons. The molecule has 2 aliphatic heterocycles. The van der Waals surface area contributed by atoms with E-state index < -0.39 is 0 Å². The minimum absolute atomic E-state index is 0.0336. The van der Waals surface area contributed by atoms with Crippen LogP contribution in [0.2, 0.25) is 0 Å². The quantitative estimate of drug-likeness (QED) is 0.532. The summed E-state index contributed by atoms with van der Waals surface area (Å²) >= 11 is 1.85. The van der Waals surface area contributed by atoms with Crippen LogP contribution < -0.4 is 0 Å². The van der Waals surface area contributed by atoms with E-state index in [1.807, 2.05) is 17.8 Å². The maximum absolute atomic E-state index is 11.3. The Hall–Kier alpha value is -0.700. The summed E-state index contributed by atoms with van der Waals surface area (Å²) in [5, 5.41) is 0. The van der Waals surface area contributed by atoms with Crippen molar-refractivity contribution in [2.45, 2.75) is 12.8 Å². The Kier molecular flexibility index (Phi) is 1.22. The van der Waals surface area contributed by atoms with Crippen LogP contribution in [0.1, 0.15) is 12.8 Å². The standard InChI is InChI=1S/C9H8O2S/c10-9-7-3-5(11-9)4-8-6(7)1-2-12-8/h4,7H,1-3H2. The number of carbonyl (C=O) groups is 1. The van der Waals surface area contributed by atoms with Crippen molar-refractivity contribution >= 4 is 17.7 Å². The predicted octanol–water partition coefficient (Wildman–Crippen LogP) is 1.84. The van der Waals surface area contributed by atoms with Crippen molar-refractivity contribution in [1.82, 2.24) is 0 Å². The average Bonchev–Trinajstić information content (AvgIpc) is 2.59. The highest BCUT2D eigenvalue weighted by Crippen LogP contribution is 2.46. The molecular formula is C9H8O2S. The van der Waals surface area contributed by atoms with Gasteiger partial charge >= 0.3 is 5.97 Å². The molecule has 0 amide bonds. The first-order valence-corrected chi connectivity index (χ1v) is 5.11. The van der Waals surface area contributed by atoms with Crippen LogP contribution in [0.4, 0.5) is 0 Å². The van der Waals surface area contributed by atoms with Gasteiger partial charge in [-0.1, -0.05) is 0 Å². The number of esters is 1. The molecule has 3 rings (SSSR count). The monoisotopic (exact) mass is 180 g/mol. The van der Waals surface area contributed by atoms with Crippen molar-refractivity contribution in [3.8, 4) is 0 Å². The topological polar surface area (TPSA) is 26.3 Å². The SMILES string of the molecule is O=C1OC2=CC3=C(CCS3)C1C2. The zero-order valence-corrected chi connectivity index (χ0v) is 7.32. The van der Waals surface area contributed by atoms with Crippen molar-refractivity contribution in [3.05, 3.63) is 22.3 Å². The molecule has 0 spiro atoms. The third-order valence-electron chi connectivity index (χ3n) is 2.58. The van der Waals surface area contributed by atoms with Gasteiger partial charge in [-0.25, -0.2) is 0 Å². The van der Waals surface area contributed by atoms with E-state index in [0.717, 1.165) is 24.4 Å². The number of carbonyl (C=O) groups excluding carboxylic acids is 1. The lowest BCUT2D eigenvalue weighted by Crippen LogP contribution is -2.10. The number of thioether (sulfide) groups is 1. The number of fused-ring (bicyclic) bond motifs is 3. The smallest absolute Gasteiger partial charge is 0.318 e. The van der Waals surface area contributed by atoms with Crippen molar-refractivity contribution in [2.24, 2.45) is 5.92 Å². The molecule has 1 fully saturated rings. The van der Waals surface area contributed by atoms with Gasteiger partial charge in [0.1, 0.15) is 5.76 Å². The largest absolute Gasteiger partial charge is 0.431 e. The average molecular weight is 180 g/mol. The first kappa shape index (κ1) is 6.78. The van der Waals surface area contributed by atoms with Gasteiger partial charge in [-0.15, -0.1) is 11.8 Å². The summed E-state index contributed by atoms with van der Waals surface area (Å²) in [4.78, 5) is 12.6. The van der Waals surface area contributed by atoms with Crippen molar-refractivity contribution in [1.29, 1.82) is 0 Å². The molecule has 0 saturated carbocycles. The summed E-state index contributed by atoms with van der Waals surface area (Å²) < 4.78 is 5.09. The minimum Gasteiger partial charge on any atom is -0.431 e. The van der Waals surface area contributed by atoms with Crippen LogP contribution in [-0.4, -0.2) is 11.7 Å². The van der Waals surface area contributed by atoms with E-state index in [1.165, 1.54) is 10.5 Å². The highest BCUT2D eigenvalue weighted by Gasteiger charge is 2.39. The van der Waals surface area contributed by atoms with Gasteiger partial charge in [0.25, 0.3) is 0 Å². The maximum Gasteiger partial charge on any atom is 0.318 e. The lowest BCUT2D eigenvalue weighted by Gasteiger charge is -2.09. The summed E-state index contributed by atoms with van der Waals surface area (Å²) in [5.74, 6) is 2.06. The number of allylic oxidation sites excluding steroid dienone is 2. The Morgan fingerprint density at radius 2 is 2.50 bits per heavy atom. The van der Waals surface area contributed by atoms with Gasteiger partial charge in [0.05, 0.1) is 5.92 Å². The molecule has 3 heteroatoms. The molecule has 1 unspecified atom stereocenters. The van der Waals surface area contributed by atoms with Crippen LogP contribution in [-0.2, 0) is 9.53 Å². The van der Waals surface area contributed by atoms with Crippen LogP contribution in [0.5, 0.6) is 0 Å². The van der Waals surface area contributed by atoms with E-state index in [2.05, 4.69) is 0 Å². The third-order valence-corrected chi connectivity index (χ3v) is 3.68.